The predicted molar refractivity (Wildman–Crippen MR) is 75.7 cm³/mol. The molecule has 1 aromatic heterocycles. The average molecular weight is 266 g/mol. The van der Waals surface area contributed by atoms with Crippen LogP contribution < -0.4 is 5.32 Å². The van der Waals surface area contributed by atoms with Crippen LogP contribution in [0.3, 0.4) is 0 Å². The van der Waals surface area contributed by atoms with Crippen LogP contribution in [0.4, 0.5) is 0 Å². The fourth-order valence-electron chi connectivity index (χ4n) is 2.48. The highest BCUT2D eigenvalue weighted by molar-refractivity contribution is 7.08. The minimum Gasteiger partial charge on any atom is -0.347 e. The molecule has 2 heterocycles. The van der Waals surface area contributed by atoms with Gasteiger partial charge in [0.2, 0.25) is 5.91 Å². The van der Waals surface area contributed by atoms with Crippen molar-refractivity contribution in [1.82, 2.24) is 10.2 Å². The van der Waals surface area contributed by atoms with E-state index >= 15 is 0 Å². The van der Waals surface area contributed by atoms with E-state index in [1.165, 1.54) is 5.56 Å². The van der Waals surface area contributed by atoms with Gasteiger partial charge in [0.15, 0.2) is 0 Å². The molecule has 100 valence electrons. The van der Waals surface area contributed by atoms with E-state index in [2.05, 4.69) is 47.9 Å². The zero-order valence-electron chi connectivity index (χ0n) is 11.4. The van der Waals surface area contributed by atoms with Crippen LogP contribution in [0.1, 0.15) is 32.3 Å². The molecule has 4 heteroatoms. The van der Waals surface area contributed by atoms with Crippen molar-refractivity contribution in [3.63, 3.8) is 0 Å². The Morgan fingerprint density at radius 3 is 2.94 bits per heavy atom. The number of likely N-dealkylation sites (tertiary alicyclic amines) is 1. The standard InChI is InChI=1S/C14H22N2OS/c1-14(2,12-6-8-18-10-12)15-13(17)11-5-4-7-16(3)9-11/h6,8,10-11H,4-5,7,9H2,1-3H3,(H,15,17)/t11-/m0/s1. The summed E-state index contributed by atoms with van der Waals surface area (Å²) in [5, 5.41) is 7.35. The molecular weight excluding hydrogens is 244 g/mol. The Morgan fingerprint density at radius 2 is 2.33 bits per heavy atom. The van der Waals surface area contributed by atoms with Crippen molar-refractivity contribution in [3.8, 4) is 0 Å². The fourth-order valence-corrected chi connectivity index (χ4v) is 3.31. The molecule has 0 bridgehead atoms. The predicted octanol–water partition coefficient (Wildman–Crippen LogP) is 2.44. The van der Waals surface area contributed by atoms with Crippen LogP contribution in [0, 0.1) is 5.92 Å². The van der Waals surface area contributed by atoms with Gasteiger partial charge in [-0.2, -0.15) is 11.3 Å². The molecule has 2 rings (SSSR count). The molecule has 1 saturated heterocycles. The number of carbonyl (C=O) groups excluding carboxylic acids is 1. The van der Waals surface area contributed by atoms with Gasteiger partial charge in [0, 0.05) is 6.54 Å². The Hall–Kier alpha value is -0.870. The summed E-state index contributed by atoms with van der Waals surface area (Å²) >= 11 is 1.67. The van der Waals surface area contributed by atoms with Crippen LogP contribution >= 0.6 is 11.3 Å². The molecular formula is C14H22N2OS. The highest BCUT2D eigenvalue weighted by Gasteiger charge is 2.29. The Kier molecular flexibility index (Phi) is 4.07. The molecule has 0 spiro atoms. The number of carbonyl (C=O) groups is 1. The molecule has 0 unspecified atom stereocenters. The van der Waals surface area contributed by atoms with Gasteiger partial charge in [0.1, 0.15) is 0 Å². The number of nitrogens with one attached hydrogen (secondary N) is 1. The Labute approximate surface area is 113 Å². The summed E-state index contributed by atoms with van der Waals surface area (Å²) < 4.78 is 0. The average Bonchev–Trinajstić information content (AvgIpc) is 2.82. The maximum absolute atomic E-state index is 12.3. The van der Waals surface area contributed by atoms with Crippen molar-refractivity contribution in [1.29, 1.82) is 0 Å². The number of hydrogen-bond donors (Lipinski definition) is 1. The van der Waals surface area contributed by atoms with Crippen LogP contribution in [0.25, 0.3) is 0 Å². The molecule has 1 aliphatic rings. The smallest absolute Gasteiger partial charge is 0.225 e. The van der Waals surface area contributed by atoms with Gasteiger partial charge < -0.3 is 10.2 Å². The molecule has 0 aromatic carbocycles. The highest BCUT2D eigenvalue weighted by atomic mass is 32.1. The topological polar surface area (TPSA) is 32.3 Å². The van der Waals surface area contributed by atoms with E-state index in [-0.39, 0.29) is 17.4 Å². The van der Waals surface area contributed by atoms with Crippen molar-refractivity contribution in [2.75, 3.05) is 20.1 Å². The maximum atomic E-state index is 12.3. The number of piperidine rings is 1. The second kappa shape index (κ2) is 5.41. The summed E-state index contributed by atoms with van der Waals surface area (Å²) in [7, 11) is 2.09. The SMILES string of the molecule is CN1CCC[C@H](C(=O)NC(C)(C)c2ccsc2)C1. The third-order valence-corrected chi connectivity index (χ3v) is 4.36. The van der Waals surface area contributed by atoms with Crippen LogP contribution in [0.15, 0.2) is 16.8 Å². The van der Waals surface area contributed by atoms with Crippen LogP contribution in [0.2, 0.25) is 0 Å². The lowest BCUT2D eigenvalue weighted by molar-refractivity contribution is -0.128. The number of nitrogens with zero attached hydrogens (tertiary/aromatic N) is 1. The zero-order chi connectivity index (χ0) is 13.2. The Bertz CT molecular complexity index is 400. The normalized spacial score (nSPS) is 21.8. The van der Waals surface area contributed by atoms with Gasteiger partial charge in [-0.05, 0) is 62.7 Å². The maximum Gasteiger partial charge on any atom is 0.225 e. The third-order valence-electron chi connectivity index (χ3n) is 3.67. The van der Waals surface area contributed by atoms with Gasteiger partial charge >= 0.3 is 0 Å². The van der Waals surface area contributed by atoms with Gasteiger partial charge in [-0.3, -0.25) is 4.79 Å². The molecule has 3 nitrogen and oxygen atoms in total. The van der Waals surface area contributed by atoms with Gasteiger partial charge in [-0.15, -0.1) is 0 Å². The summed E-state index contributed by atoms with van der Waals surface area (Å²) in [6, 6.07) is 2.08. The van der Waals surface area contributed by atoms with Crippen LogP contribution in [0.5, 0.6) is 0 Å². The van der Waals surface area contributed by atoms with E-state index in [1.54, 1.807) is 11.3 Å². The second-order valence-electron chi connectivity index (χ2n) is 5.73. The first-order chi connectivity index (χ1) is 8.49. The molecule has 18 heavy (non-hydrogen) atoms. The van der Waals surface area contributed by atoms with E-state index in [9.17, 15) is 4.79 Å². The van der Waals surface area contributed by atoms with Crippen molar-refractivity contribution >= 4 is 17.2 Å². The summed E-state index contributed by atoms with van der Waals surface area (Å²) in [5.74, 6) is 0.333. The third kappa shape index (κ3) is 3.12. The lowest BCUT2D eigenvalue weighted by atomic mass is 9.93. The van der Waals surface area contributed by atoms with Crippen molar-refractivity contribution < 1.29 is 4.79 Å². The minimum absolute atomic E-state index is 0.140. The number of rotatable bonds is 3. The minimum atomic E-state index is -0.271. The van der Waals surface area contributed by atoms with Crippen LogP contribution in [-0.4, -0.2) is 30.9 Å². The van der Waals surface area contributed by atoms with Crippen LogP contribution in [-0.2, 0) is 10.3 Å². The first-order valence-corrected chi connectivity index (χ1v) is 7.46. The van der Waals surface area contributed by atoms with E-state index < -0.39 is 0 Å². The van der Waals surface area contributed by atoms with Crippen molar-refractivity contribution in [2.45, 2.75) is 32.2 Å². The van der Waals surface area contributed by atoms with E-state index in [4.69, 9.17) is 0 Å². The first kappa shape index (κ1) is 13.6. The van der Waals surface area contributed by atoms with E-state index in [0.717, 1.165) is 25.9 Å². The largest absolute Gasteiger partial charge is 0.347 e. The highest BCUT2D eigenvalue weighted by Crippen LogP contribution is 2.24. The van der Waals surface area contributed by atoms with Crippen molar-refractivity contribution in [3.05, 3.63) is 22.4 Å². The van der Waals surface area contributed by atoms with Crippen molar-refractivity contribution in [2.24, 2.45) is 5.92 Å². The number of hydrogen-bond acceptors (Lipinski definition) is 3. The van der Waals surface area contributed by atoms with Gasteiger partial charge in [-0.1, -0.05) is 0 Å². The fraction of sp³-hybridized carbons (Fsp3) is 0.643. The van der Waals surface area contributed by atoms with Gasteiger partial charge in [0.25, 0.3) is 0 Å². The van der Waals surface area contributed by atoms with E-state index in [0.29, 0.717) is 0 Å². The molecule has 1 atom stereocenters. The lowest BCUT2D eigenvalue weighted by Gasteiger charge is -2.32. The summed E-state index contributed by atoms with van der Waals surface area (Å²) in [6.07, 6.45) is 2.13. The lowest BCUT2D eigenvalue weighted by Crippen LogP contribution is -2.47. The number of amides is 1. The molecule has 0 radical (unpaired) electrons. The molecule has 1 amide bonds. The molecule has 1 N–H and O–H groups in total. The molecule has 1 aromatic rings. The van der Waals surface area contributed by atoms with Gasteiger partial charge in [-0.25, -0.2) is 0 Å². The zero-order valence-corrected chi connectivity index (χ0v) is 12.2. The van der Waals surface area contributed by atoms with Gasteiger partial charge in [0.05, 0.1) is 11.5 Å². The molecule has 1 aliphatic heterocycles. The van der Waals surface area contributed by atoms with E-state index in [1.807, 2.05) is 0 Å². The first-order valence-electron chi connectivity index (χ1n) is 6.52. The molecule has 0 saturated carbocycles. The Morgan fingerprint density at radius 1 is 1.56 bits per heavy atom. The Balaban J connectivity index is 1.98. The second-order valence-corrected chi connectivity index (χ2v) is 6.51. The summed E-state index contributed by atoms with van der Waals surface area (Å²) in [5.41, 5.74) is 0.914. The summed E-state index contributed by atoms with van der Waals surface area (Å²) in [6.45, 7) is 6.13. The number of thiophene rings is 1. The molecule has 0 aliphatic carbocycles. The monoisotopic (exact) mass is 266 g/mol. The molecule has 1 fully saturated rings. The summed E-state index contributed by atoms with van der Waals surface area (Å²) in [4.78, 5) is 14.6. The quantitative estimate of drug-likeness (QED) is 0.911.